The van der Waals surface area contributed by atoms with Crippen molar-refractivity contribution in [3.05, 3.63) is 0 Å². The molecule has 0 radical (unpaired) electrons. The van der Waals surface area contributed by atoms with Crippen molar-refractivity contribution in [3.63, 3.8) is 0 Å². The Morgan fingerprint density at radius 3 is 1.92 bits per heavy atom. The Kier molecular flexibility index (Phi) is 6.45. The quantitative estimate of drug-likeness (QED) is 0.647. The molecule has 74 valence electrons. The van der Waals surface area contributed by atoms with Gasteiger partial charge in [0, 0.05) is 6.04 Å². The van der Waals surface area contributed by atoms with E-state index in [0.717, 1.165) is 11.8 Å². The molecule has 12 heavy (non-hydrogen) atoms. The molecular formula is C11H25N. The topological polar surface area (TPSA) is 12.0 Å². The Morgan fingerprint density at radius 2 is 1.58 bits per heavy atom. The summed E-state index contributed by atoms with van der Waals surface area (Å²) in [5, 5.41) is 3.32. The third-order valence-electron chi connectivity index (χ3n) is 3.17. The zero-order chi connectivity index (χ0) is 9.56. The van der Waals surface area contributed by atoms with Gasteiger partial charge >= 0.3 is 0 Å². The van der Waals surface area contributed by atoms with Crippen LogP contribution in [0.4, 0.5) is 0 Å². The largest absolute Gasteiger partial charge is 0.317 e. The van der Waals surface area contributed by atoms with E-state index in [1.165, 1.54) is 19.3 Å². The van der Waals surface area contributed by atoms with Gasteiger partial charge in [0.25, 0.3) is 0 Å². The molecule has 0 amide bonds. The molecule has 2 atom stereocenters. The normalized spacial score (nSPS) is 16.5. The van der Waals surface area contributed by atoms with E-state index in [2.05, 4.69) is 33.0 Å². The first-order valence-electron chi connectivity index (χ1n) is 5.32. The van der Waals surface area contributed by atoms with Crippen LogP contribution in [-0.4, -0.2) is 13.1 Å². The van der Waals surface area contributed by atoms with Gasteiger partial charge < -0.3 is 5.32 Å². The minimum Gasteiger partial charge on any atom is -0.317 e. The number of hydrogen-bond donors (Lipinski definition) is 1. The molecule has 1 heteroatoms. The molecule has 0 aliphatic heterocycles. The lowest BCUT2D eigenvalue weighted by Crippen LogP contribution is -2.29. The SMILES string of the molecule is CCC(CC)CC(C)C(C)NC. The molecule has 0 aliphatic carbocycles. The maximum absolute atomic E-state index is 3.32. The Balaban J connectivity index is 3.72. The first-order chi connectivity index (χ1) is 5.65. The van der Waals surface area contributed by atoms with Crippen molar-refractivity contribution in [1.29, 1.82) is 0 Å². The highest BCUT2D eigenvalue weighted by Gasteiger charge is 2.14. The van der Waals surface area contributed by atoms with E-state index in [0.29, 0.717) is 6.04 Å². The van der Waals surface area contributed by atoms with Gasteiger partial charge in [-0.15, -0.1) is 0 Å². The second-order valence-corrected chi connectivity index (χ2v) is 3.97. The van der Waals surface area contributed by atoms with Crippen LogP contribution in [0, 0.1) is 11.8 Å². The summed E-state index contributed by atoms with van der Waals surface area (Å²) in [7, 11) is 2.05. The fourth-order valence-corrected chi connectivity index (χ4v) is 1.64. The Labute approximate surface area is 77.9 Å². The van der Waals surface area contributed by atoms with Gasteiger partial charge in [-0.1, -0.05) is 33.6 Å². The first kappa shape index (κ1) is 12.0. The van der Waals surface area contributed by atoms with Crippen LogP contribution in [0.3, 0.4) is 0 Å². The van der Waals surface area contributed by atoms with Crippen molar-refractivity contribution in [1.82, 2.24) is 5.32 Å². The van der Waals surface area contributed by atoms with Crippen molar-refractivity contribution in [3.8, 4) is 0 Å². The van der Waals surface area contributed by atoms with E-state index < -0.39 is 0 Å². The molecule has 2 unspecified atom stereocenters. The lowest BCUT2D eigenvalue weighted by atomic mass is 9.88. The first-order valence-corrected chi connectivity index (χ1v) is 5.32. The van der Waals surface area contributed by atoms with Gasteiger partial charge in [-0.25, -0.2) is 0 Å². The van der Waals surface area contributed by atoms with Gasteiger partial charge in [0.15, 0.2) is 0 Å². The highest BCUT2D eigenvalue weighted by molar-refractivity contribution is 4.69. The summed E-state index contributed by atoms with van der Waals surface area (Å²) in [6.45, 7) is 9.21. The Bertz CT molecular complexity index is 97.2. The molecule has 0 saturated heterocycles. The summed E-state index contributed by atoms with van der Waals surface area (Å²) in [6, 6.07) is 0.658. The molecule has 0 aromatic carbocycles. The van der Waals surface area contributed by atoms with Crippen LogP contribution in [0.2, 0.25) is 0 Å². The monoisotopic (exact) mass is 171 g/mol. The molecule has 0 bridgehead atoms. The van der Waals surface area contributed by atoms with Crippen LogP contribution in [0.5, 0.6) is 0 Å². The lowest BCUT2D eigenvalue weighted by Gasteiger charge is -2.23. The molecule has 0 saturated carbocycles. The molecule has 1 nitrogen and oxygen atoms in total. The minimum atomic E-state index is 0.658. The molecule has 0 fully saturated rings. The number of rotatable bonds is 6. The van der Waals surface area contributed by atoms with Crippen molar-refractivity contribution in [2.75, 3.05) is 7.05 Å². The van der Waals surface area contributed by atoms with Gasteiger partial charge in [-0.2, -0.15) is 0 Å². The average molecular weight is 171 g/mol. The highest BCUT2D eigenvalue weighted by Crippen LogP contribution is 2.20. The van der Waals surface area contributed by atoms with E-state index in [1.54, 1.807) is 0 Å². The molecule has 0 heterocycles. The summed E-state index contributed by atoms with van der Waals surface area (Å²) in [5.41, 5.74) is 0. The van der Waals surface area contributed by atoms with Crippen LogP contribution in [-0.2, 0) is 0 Å². The summed E-state index contributed by atoms with van der Waals surface area (Å²) in [4.78, 5) is 0. The second kappa shape index (κ2) is 6.47. The fourth-order valence-electron chi connectivity index (χ4n) is 1.64. The molecule has 0 aromatic heterocycles. The molecular weight excluding hydrogens is 146 g/mol. The highest BCUT2D eigenvalue weighted by atomic mass is 14.9. The zero-order valence-electron chi connectivity index (χ0n) is 9.35. The summed E-state index contributed by atoms with van der Waals surface area (Å²) in [5.74, 6) is 1.73. The lowest BCUT2D eigenvalue weighted by molar-refractivity contribution is 0.317. The van der Waals surface area contributed by atoms with Gasteiger partial charge in [0.1, 0.15) is 0 Å². The minimum absolute atomic E-state index is 0.658. The molecule has 0 rings (SSSR count). The van der Waals surface area contributed by atoms with Crippen LogP contribution in [0.15, 0.2) is 0 Å². The summed E-state index contributed by atoms with van der Waals surface area (Å²) >= 11 is 0. The zero-order valence-corrected chi connectivity index (χ0v) is 9.35. The third kappa shape index (κ3) is 4.10. The van der Waals surface area contributed by atoms with E-state index >= 15 is 0 Å². The van der Waals surface area contributed by atoms with Crippen LogP contribution >= 0.6 is 0 Å². The Hall–Kier alpha value is -0.0400. The second-order valence-electron chi connectivity index (χ2n) is 3.97. The fraction of sp³-hybridized carbons (Fsp3) is 1.00. The van der Waals surface area contributed by atoms with Gasteiger partial charge in [-0.3, -0.25) is 0 Å². The summed E-state index contributed by atoms with van der Waals surface area (Å²) < 4.78 is 0. The van der Waals surface area contributed by atoms with Crippen molar-refractivity contribution in [2.45, 2.75) is 53.0 Å². The predicted molar refractivity (Wildman–Crippen MR) is 56.4 cm³/mol. The van der Waals surface area contributed by atoms with Crippen molar-refractivity contribution in [2.24, 2.45) is 11.8 Å². The molecule has 0 aromatic rings. The van der Waals surface area contributed by atoms with E-state index in [4.69, 9.17) is 0 Å². The smallest absolute Gasteiger partial charge is 0.00614 e. The predicted octanol–water partition coefficient (Wildman–Crippen LogP) is 3.06. The van der Waals surface area contributed by atoms with Gasteiger partial charge in [0.2, 0.25) is 0 Å². The molecule has 0 spiro atoms. The summed E-state index contributed by atoms with van der Waals surface area (Å²) in [6.07, 6.45) is 4.03. The number of nitrogens with one attached hydrogen (secondary N) is 1. The van der Waals surface area contributed by atoms with E-state index in [9.17, 15) is 0 Å². The van der Waals surface area contributed by atoms with E-state index in [1.807, 2.05) is 7.05 Å². The van der Waals surface area contributed by atoms with Crippen LogP contribution in [0.1, 0.15) is 47.0 Å². The standard InChI is InChI=1S/C11H25N/c1-6-11(7-2)8-9(3)10(4)12-5/h9-12H,6-8H2,1-5H3. The average Bonchev–Trinajstić information content (AvgIpc) is 2.12. The molecule has 0 aliphatic rings. The Morgan fingerprint density at radius 1 is 1.08 bits per heavy atom. The number of hydrogen-bond acceptors (Lipinski definition) is 1. The van der Waals surface area contributed by atoms with Gasteiger partial charge in [-0.05, 0) is 32.2 Å². The van der Waals surface area contributed by atoms with Crippen LogP contribution in [0.25, 0.3) is 0 Å². The van der Waals surface area contributed by atoms with Crippen molar-refractivity contribution >= 4 is 0 Å². The maximum Gasteiger partial charge on any atom is 0.00614 e. The third-order valence-corrected chi connectivity index (χ3v) is 3.17. The van der Waals surface area contributed by atoms with E-state index in [-0.39, 0.29) is 0 Å². The molecule has 1 N–H and O–H groups in total. The maximum atomic E-state index is 3.32. The van der Waals surface area contributed by atoms with Gasteiger partial charge in [0.05, 0.1) is 0 Å². The van der Waals surface area contributed by atoms with Crippen molar-refractivity contribution < 1.29 is 0 Å². The van der Waals surface area contributed by atoms with Crippen LogP contribution < -0.4 is 5.32 Å².